The lowest BCUT2D eigenvalue weighted by atomic mass is 10.1. The van der Waals surface area contributed by atoms with Gasteiger partial charge >= 0.3 is 0 Å². The summed E-state index contributed by atoms with van der Waals surface area (Å²) >= 11 is 1.40. The first kappa shape index (κ1) is 23.9. The molecule has 3 aromatic rings. The predicted octanol–water partition coefficient (Wildman–Crippen LogP) is 4.87. The van der Waals surface area contributed by atoms with Gasteiger partial charge < -0.3 is 15.4 Å². The number of hydrogen-bond donors (Lipinski definition) is 2. The highest BCUT2D eigenvalue weighted by Gasteiger charge is 2.30. The molecule has 0 aliphatic heterocycles. The lowest BCUT2D eigenvalue weighted by molar-refractivity contribution is -0.119. The van der Waals surface area contributed by atoms with Crippen LogP contribution in [-0.2, 0) is 9.59 Å². The lowest BCUT2D eigenvalue weighted by Crippen LogP contribution is -2.37. The molecule has 7 nitrogen and oxygen atoms in total. The number of aromatic nitrogens is 1. The maximum absolute atomic E-state index is 12.7. The predicted molar refractivity (Wildman–Crippen MR) is 136 cm³/mol. The van der Waals surface area contributed by atoms with E-state index in [4.69, 9.17) is 4.74 Å². The number of anilines is 2. The van der Waals surface area contributed by atoms with Crippen molar-refractivity contribution in [3.8, 4) is 17.0 Å². The Morgan fingerprint density at radius 1 is 1.09 bits per heavy atom. The van der Waals surface area contributed by atoms with E-state index in [1.165, 1.54) is 11.3 Å². The van der Waals surface area contributed by atoms with Crippen molar-refractivity contribution in [2.75, 3.05) is 30.8 Å². The average molecular weight is 479 g/mol. The van der Waals surface area contributed by atoms with Gasteiger partial charge in [0.15, 0.2) is 5.13 Å². The van der Waals surface area contributed by atoms with Crippen LogP contribution in [0.15, 0.2) is 47.8 Å². The van der Waals surface area contributed by atoms with E-state index in [9.17, 15) is 9.59 Å². The zero-order valence-corrected chi connectivity index (χ0v) is 20.6. The van der Waals surface area contributed by atoms with E-state index in [2.05, 4.69) is 20.5 Å². The second-order valence-corrected chi connectivity index (χ2v) is 9.49. The minimum Gasteiger partial charge on any atom is -0.497 e. The SMILES string of the molecule is COc1ccc(-c2csc(NC(=O)CCN(CC(=O)Nc3cc(C)ccc3C)C3CC3)n2)cc1. The van der Waals surface area contributed by atoms with Crippen molar-refractivity contribution < 1.29 is 14.3 Å². The molecule has 4 rings (SSSR count). The number of aryl methyl sites for hydroxylation is 2. The van der Waals surface area contributed by atoms with Crippen LogP contribution < -0.4 is 15.4 Å². The first-order chi connectivity index (χ1) is 16.4. The molecule has 1 aliphatic carbocycles. The van der Waals surface area contributed by atoms with E-state index in [1.807, 2.05) is 61.7 Å². The summed E-state index contributed by atoms with van der Waals surface area (Å²) < 4.78 is 5.19. The standard InChI is InChI=1S/C26H30N4O3S/c1-17-4-5-18(2)22(14-17)27-25(32)15-30(20-8-9-20)13-12-24(31)29-26-28-23(16-34-26)19-6-10-21(33-3)11-7-19/h4-7,10-11,14,16,20H,8-9,12-13,15H2,1-3H3,(H,27,32)(H,28,29,31). The molecule has 1 heterocycles. The highest BCUT2D eigenvalue weighted by atomic mass is 32.1. The zero-order valence-electron chi connectivity index (χ0n) is 19.8. The lowest BCUT2D eigenvalue weighted by Gasteiger charge is -2.21. The number of rotatable bonds is 10. The van der Waals surface area contributed by atoms with E-state index < -0.39 is 0 Å². The van der Waals surface area contributed by atoms with Crippen molar-refractivity contribution in [3.63, 3.8) is 0 Å². The van der Waals surface area contributed by atoms with Crippen molar-refractivity contribution in [2.24, 2.45) is 0 Å². The van der Waals surface area contributed by atoms with Gasteiger partial charge in [-0.2, -0.15) is 0 Å². The Kier molecular flexibility index (Phi) is 7.59. The molecule has 34 heavy (non-hydrogen) atoms. The normalized spacial score (nSPS) is 13.1. The van der Waals surface area contributed by atoms with Crippen molar-refractivity contribution in [3.05, 3.63) is 59.0 Å². The molecule has 0 radical (unpaired) electrons. The number of benzene rings is 2. The minimum atomic E-state index is -0.101. The van der Waals surface area contributed by atoms with E-state index >= 15 is 0 Å². The molecule has 1 fully saturated rings. The Balaban J connectivity index is 1.28. The maximum atomic E-state index is 12.7. The summed E-state index contributed by atoms with van der Waals surface area (Å²) in [6.45, 7) is 4.81. The van der Waals surface area contributed by atoms with E-state index in [0.717, 1.165) is 46.7 Å². The molecular weight excluding hydrogens is 448 g/mol. The van der Waals surface area contributed by atoms with Gasteiger partial charge in [-0.05, 0) is 68.1 Å². The number of hydrogen-bond acceptors (Lipinski definition) is 6. The largest absolute Gasteiger partial charge is 0.497 e. The first-order valence-electron chi connectivity index (χ1n) is 11.4. The van der Waals surface area contributed by atoms with E-state index in [1.54, 1.807) is 7.11 Å². The maximum Gasteiger partial charge on any atom is 0.238 e. The molecule has 0 saturated heterocycles. The summed E-state index contributed by atoms with van der Waals surface area (Å²) in [4.78, 5) is 31.9. The zero-order chi connectivity index (χ0) is 24.1. The Bertz CT molecular complexity index is 1160. The third-order valence-electron chi connectivity index (χ3n) is 5.84. The van der Waals surface area contributed by atoms with Gasteiger partial charge in [-0.15, -0.1) is 11.3 Å². The number of carbonyl (C=O) groups is 2. The van der Waals surface area contributed by atoms with Crippen molar-refractivity contribution in [2.45, 2.75) is 39.2 Å². The third kappa shape index (κ3) is 6.42. The van der Waals surface area contributed by atoms with Crippen molar-refractivity contribution >= 4 is 34.0 Å². The minimum absolute atomic E-state index is 0.0509. The molecule has 1 aliphatic rings. The fourth-order valence-corrected chi connectivity index (χ4v) is 4.46. The number of thiazole rings is 1. The number of ether oxygens (including phenoxy) is 1. The monoisotopic (exact) mass is 478 g/mol. The fourth-order valence-electron chi connectivity index (χ4n) is 3.73. The number of methoxy groups -OCH3 is 1. The second kappa shape index (κ2) is 10.8. The van der Waals surface area contributed by atoms with Gasteiger partial charge in [0.05, 0.1) is 19.3 Å². The number of carbonyl (C=O) groups excluding carboxylic acids is 2. The van der Waals surface area contributed by atoms with Gasteiger partial charge in [0.1, 0.15) is 5.75 Å². The van der Waals surface area contributed by atoms with Crippen LogP contribution in [-0.4, -0.2) is 47.9 Å². The van der Waals surface area contributed by atoms with Crippen molar-refractivity contribution in [1.82, 2.24) is 9.88 Å². The van der Waals surface area contributed by atoms with Gasteiger partial charge in [0.25, 0.3) is 0 Å². The van der Waals surface area contributed by atoms with Gasteiger partial charge in [0, 0.05) is 35.6 Å². The van der Waals surface area contributed by atoms with E-state index in [-0.39, 0.29) is 18.4 Å². The Morgan fingerprint density at radius 2 is 1.85 bits per heavy atom. The summed E-state index contributed by atoms with van der Waals surface area (Å²) in [5.74, 6) is 0.636. The topological polar surface area (TPSA) is 83.6 Å². The Hall–Kier alpha value is -3.23. The Labute approximate surface area is 204 Å². The average Bonchev–Trinajstić information content (AvgIpc) is 3.57. The number of nitrogens with one attached hydrogen (secondary N) is 2. The molecule has 0 bridgehead atoms. The summed E-state index contributed by atoms with van der Waals surface area (Å²) in [6.07, 6.45) is 2.44. The highest BCUT2D eigenvalue weighted by molar-refractivity contribution is 7.14. The molecule has 0 atom stereocenters. The fraction of sp³-hybridized carbons (Fsp3) is 0.346. The molecule has 0 spiro atoms. The van der Waals surface area contributed by atoms with Gasteiger partial charge in [-0.3, -0.25) is 14.5 Å². The van der Waals surface area contributed by atoms with Crippen LogP contribution in [0.2, 0.25) is 0 Å². The highest BCUT2D eigenvalue weighted by Crippen LogP contribution is 2.28. The molecule has 178 valence electrons. The van der Waals surface area contributed by atoms with Crippen LogP contribution in [0.4, 0.5) is 10.8 Å². The van der Waals surface area contributed by atoms with Crippen LogP contribution >= 0.6 is 11.3 Å². The summed E-state index contributed by atoms with van der Waals surface area (Å²) in [6, 6.07) is 14.0. The molecule has 1 saturated carbocycles. The van der Waals surface area contributed by atoms with Crippen LogP contribution in [0.3, 0.4) is 0 Å². The first-order valence-corrected chi connectivity index (χ1v) is 12.3. The molecule has 2 N–H and O–H groups in total. The summed E-state index contributed by atoms with van der Waals surface area (Å²) in [5.41, 5.74) is 4.76. The van der Waals surface area contributed by atoms with Crippen molar-refractivity contribution in [1.29, 1.82) is 0 Å². The smallest absolute Gasteiger partial charge is 0.238 e. The van der Waals surface area contributed by atoms with Crippen LogP contribution in [0, 0.1) is 13.8 Å². The molecular formula is C26H30N4O3S. The molecule has 2 amide bonds. The van der Waals surface area contributed by atoms with Crippen LogP contribution in [0.25, 0.3) is 11.3 Å². The molecule has 1 aromatic heterocycles. The van der Waals surface area contributed by atoms with Crippen LogP contribution in [0.1, 0.15) is 30.4 Å². The molecule has 2 aromatic carbocycles. The van der Waals surface area contributed by atoms with Crippen LogP contribution in [0.5, 0.6) is 5.75 Å². The Morgan fingerprint density at radius 3 is 2.56 bits per heavy atom. The molecule has 0 unspecified atom stereocenters. The molecule has 8 heteroatoms. The summed E-state index contributed by atoms with van der Waals surface area (Å²) in [5, 5.41) is 8.41. The van der Waals surface area contributed by atoms with Gasteiger partial charge in [-0.1, -0.05) is 12.1 Å². The quantitative estimate of drug-likeness (QED) is 0.434. The second-order valence-electron chi connectivity index (χ2n) is 8.63. The summed E-state index contributed by atoms with van der Waals surface area (Å²) in [7, 11) is 1.63. The third-order valence-corrected chi connectivity index (χ3v) is 6.60. The van der Waals surface area contributed by atoms with Gasteiger partial charge in [0.2, 0.25) is 11.8 Å². The van der Waals surface area contributed by atoms with Gasteiger partial charge in [-0.25, -0.2) is 4.98 Å². The number of amides is 2. The number of nitrogens with zero attached hydrogens (tertiary/aromatic N) is 2. The van der Waals surface area contributed by atoms with E-state index in [0.29, 0.717) is 24.1 Å².